The standard InChI is InChI=1S/C15H24FN/c1-6-17-14(7-10(2)3)13-8-11(4)15(16)12(5)9-13/h8-10,14,17H,6-7H2,1-5H3. The van der Waals surface area contributed by atoms with Crippen molar-refractivity contribution in [1.82, 2.24) is 5.32 Å². The van der Waals surface area contributed by atoms with Crippen LogP contribution in [0.1, 0.15) is 49.9 Å². The molecule has 0 saturated heterocycles. The van der Waals surface area contributed by atoms with Gasteiger partial charge in [-0.05, 0) is 49.4 Å². The molecular formula is C15H24FN. The van der Waals surface area contributed by atoms with E-state index in [4.69, 9.17) is 0 Å². The molecule has 0 heterocycles. The van der Waals surface area contributed by atoms with E-state index >= 15 is 0 Å². The SMILES string of the molecule is CCNC(CC(C)C)c1cc(C)c(F)c(C)c1. The van der Waals surface area contributed by atoms with Gasteiger partial charge in [-0.25, -0.2) is 4.39 Å². The second-order valence-corrected chi connectivity index (χ2v) is 5.21. The number of rotatable bonds is 5. The van der Waals surface area contributed by atoms with E-state index in [-0.39, 0.29) is 5.82 Å². The van der Waals surface area contributed by atoms with Crippen molar-refractivity contribution in [2.24, 2.45) is 5.92 Å². The van der Waals surface area contributed by atoms with Crippen LogP contribution in [0, 0.1) is 25.6 Å². The maximum absolute atomic E-state index is 13.6. The summed E-state index contributed by atoms with van der Waals surface area (Å²) < 4.78 is 13.6. The summed E-state index contributed by atoms with van der Waals surface area (Å²) in [5.41, 5.74) is 2.69. The van der Waals surface area contributed by atoms with Gasteiger partial charge in [-0.3, -0.25) is 0 Å². The first-order valence-electron chi connectivity index (χ1n) is 6.45. The Morgan fingerprint density at radius 2 is 1.71 bits per heavy atom. The van der Waals surface area contributed by atoms with Crippen molar-refractivity contribution < 1.29 is 4.39 Å². The zero-order valence-electron chi connectivity index (χ0n) is 11.6. The zero-order chi connectivity index (χ0) is 13.0. The van der Waals surface area contributed by atoms with Gasteiger partial charge in [0.2, 0.25) is 0 Å². The Kier molecular flexibility index (Phi) is 5.13. The minimum atomic E-state index is -0.0754. The third-order valence-corrected chi connectivity index (χ3v) is 3.02. The fourth-order valence-corrected chi connectivity index (χ4v) is 2.24. The van der Waals surface area contributed by atoms with Crippen LogP contribution in [0.4, 0.5) is 4.39 Å². The maximum atomic E-state index is 13.6. The lowest BCUT2D eigenvalue weighted by atomic mass is 9.94. The molecule has 1 N–H and O–H groups in total. The maximum Gasteiger partial charge on any atom is 0.129 e. The van der Waals surface area contributed by atoms with Crippen LogP contribution < -0.4 is 5.32 Å². The van der Waals surface area contributed by atoms with Crippen molar-refractivity contribution in [2.75, 3.05) is 6.54 Å². The molecule has 0 saturated carbocycles. The molecule has 1 aromatic rings. The average Bonchev–Trinajstić information content (AvgIpc) is 2.24. The lowest BCUT2D eigenvalue weighted by molar-refractivity contribution is 0.437. The molecule has 0 aromatic heterocycles. The highest BCUT2D eigenvalue weighted by molar-refractivity contribution is 5.32. The van der Waals surface area contributed by atoms with E-state index in [9.17, 15) is 4.39 Å². The molecule has 0 aliphatic heterocycles. The van der Waals surface area contributed by atoms with E-state index in [1.54, 1.807) is 0 Å². The van der Waals surface area contributed by atoms with Crippen molar-refractivity contribution in [3.8, 4) is 0 Å². The molecule has 0 aliphatic carbocycles. The summed E-state index contributed by atoms with van der Waals surface area (Å²) in [4.78, 5) is 0. The molecule has 1 rings (SSSR count). The predicted octanol–water partition coefficient (Wildman–Crippen LogP) is 4.14. The molecule has 96 valence electrons. The van der Waals surface area contributed by atoms with Crippen molar-refractivity contribution in [2.45, 2.75) is 47.1 Å². The Balaban J connectivity index is 3.01. The minimum Gasteiger partial charge on any atom is -0.310 e. The topological polar surface area (TPSA) is 12.0 Å². The number of benzene rings is 1. The first-order valence-corrected chi connectivity index (χ1v) is 6.45. The van der Waals surface area contributed by atoms with Gasteiger partial charge in [-0.1, -0.05) is 32.9 Å². The Hall–Kier alpha value is -0.890. The summed E-state index contributed by atoms with van der Waals surface area (Å²) in [6.07, 6.45) is 1.08. The molecular weight excluding hydrogens is 213 g/mol. The highest BCUT2D eigenvalue weighted by Gasteiger charge is 2.14. The van der Waals surface area contributed by atoms with Gasteiger partial charge >= 0.3 is 0 Å². The first-order chi connectivity index (χ1) is 7.95. The molecule has 1 aromatic carbocycles. The van der Waals surface area contributed by atoms with Gasteiger partial charge in [0.15, 0.2) is 0 Å². The van der Waals surface area contributed by atoms with Crippen molar-refractivity contribution >= 4 is 0 Å². The van der Waals surface area contributed by atoms with Crippen LogP contribution >= 0.6 is 0 Å². The van der Waals surface area contributed by atoms with Crippen LogP contribution in [0.2, 0.25) is 0 Å². The molecule has 17 heavy (non-hydrogen) atoms. The van der Waals surface area contributed by atoms with Crippen LogP contribution in [0.15, 0.2) is 12.1 Å². The molecule has 0 bridgehead atoms. The van der Waals surface area contributed by atoms with Crippen LogP contribution in [0.5, 0.6) is 0 Å². The molecule has 1 nitrogen and oxygen atoms in total. The highest BCUT2D eigenvalue weighted by atomic mass is 19.1. The smallest absolute Gasteiger partial charge is 0.129 e. The lowest BCUT2D eigenvalue weighted by Gasteiger charge is -2.21. The highest BCUT2D eigenvalue weighted by Crippen LogP contribution is 2.25. The van der Waals surface area contributed by atoms with Gasteiger partial charge in [0.1, 0.15) is 5.82 Å². The van der Waals surface area contributed by atoms with Crippen LogP contribution in [-0.4, -0.2) is 6.54 Å². The van der Waals surface area contributed by atoms with E-state index in [1.807, 2.05) is 26.0 Å². The Labute approximate surface area is 104 Å². The van der Waals surface area contributed by atoms with Crippen LogP contribution in [-0.2, 0) is 0 Å². The van der Waals surface area contributed by atoms with Gasteiger partial charge < -0.3 is 5.32 Å². The molecule has 1 unspecified atom stereocenters. The third-order valence-electron chi connectivity index (χ3n) is 3.02. The molecule has 0 spiro atoms. The average molecular weight is 237 g/mol. The number of hydrogen-bond acceptors (Lipinski definition) is 1. The number of aryl methyl sites for hydroxylation is 2. The molecule has 1 atom stereocenters. The quantitative estimate of drug-likeness (QED) is 0.811. The second-order valence-electron chi connectivity index (χ2n) is 5.21. The Morgan fingerprint density at radius 1 is 1.18 bits per heavy atom. The minimum absolute atomic E-state index is 0.0754. The third kappa shape index (κ3) is 3.81. The van der Waals surface area contributed by atoms with E-state index in [0.29, 0.717) is 12.0 Å². The number of nitrogens with one attached hydrogen (secondary N) is 1. The summed E-state index contributed by atoms with van der Waals surface area (Å²) >= 11 is 0. The summed E-state index contributed by atoms with van der Waals surface area (Å²) in [6, 6.07) is 4.27. The Bertz CT molecular complexity index is 348. The van der Waals surface area contributed by atoms with Crippen LogP contribution in [0.3, 0.4) is 0 Å². The van der Waals surface area contributed by atoms with Gasteiger partial charge in [0, 0.05) is 6.04 Å². The molecule has 0 radical (unpaired) electrons. The molecule has 2 heteroatoms. The second kappa shape index (κ2) is 6.15. The number of hydrogen-bond donors (Lipinski definition) is 1. The van der Waals surface area contributed by atoms with Gasteiger partial charge in [-0.15, -0.1) is 0 Å². The zero-order valence-corrected chi connectivity index (χ0v) is 11.6. The predicted molar refractivity (Wildman–Crippen MR) is 71.7 cm³/mol. The van der Waals surface area contributed by atoms with Crippen molar-refractivity contribution in [1.29, 1.82) is 0 Å². The van der Waals surface area contributed by atoms with Gasteiger partial charge in [0.25, 0.3) is 0 Å². The lowest BCUT2D eigenvalue weighted by Crippen LogP contribution is -2.22. The van der Waals surface area contributed by atoms with Crippen molar-refractivity contribution in [3.05, 3.63) is 34.6 Å². The summed E-state index contributed by atoms with van der Waals surface area (Å²) in [7, 11) is 0. The summed E-state index contributed by atoms with van der Waals surface area (Å²) in [5, 5.41) is 3.48. The van der Waals surface area contributed by atoms with E-state index in [0.717, 1.165) is 24.1 Å². The van der Waals surface area contributed by atoms with E-state index in [2.05, 4.69) is 26.1 Å². The fraction of sp³-hybridized carbons (Fsp3) is 0.600. The monoisotopic (exact) mass is 237 g/mol. The fourth-order valence-electron chi connectivity index (χ4n) is 2.24. The van der Waals surface area contributed by atoms with Gasteiger partial charge in [0.05, 0.1) is 0 Å². The first kappa shape index (κ1) is 14.2. The number of halogens is 1. The van der Waals surface area contributed by atoms with Crippen LogP contribution in [0.25, 0.3) is 0 Å². The normalized spacial score (nSPS) is 13.1. The summed E-state index contributed by atoms with van der Waals surface area (Å²) in [6.45, 7) is 11.2. The Morgan fingerprint density at radius 3 is 2.12 bits per heavy atom. The molecule has 0 amide bonds. The van der Waals surface area contributed by atoms with Gasteiger partial charge in [-0.2, -0.15) is 0 Å². The summed E-state index contributed by atoms with van der Waals surface area (Å²) in [5.74, 6) is 0.554. The van der Waals surface area contributed by atoms with E-state index < -0.39 is 0 Å². The molecule has 0 fully saturated rings. The van der Waals surface area contributed by atoms with E-state index in [1.165, 1.54) is 5.56 Å². The van der Waals surface area contributed by atoms with Crippen molar-refractivity contribution in [3.63, 3.8) is 0 Å². The molecule has 0 aliphatic rings. The largest absolute Gasteiger partial charge is 0.310 e.